The van der Waals surface area contributed by atoms with Gasteiger partial charge in [0.1, 0.15) is 5.76 Å². The number of halogens is 2. The molecule has 0 N–H and O–H groups in total. The molecule has 0 saturated carbocycles. The Morgan fingerprint density at radius 2 is 1.76 bits per heavy atom. The maximum Gasteiger partial charge on any atom is 0.483 e. The van der Waals surface area contributed by atoms with E-state index >= 15 is 0 Å². The maximum absolute atomic E-state index is 13.3. The summed E-state index contributed by atoms with van der Waals surface area (Å²) in [4.78, 5) is 40.2. The second-order valence-electron chi connectivity index (χ2n) is 5.30. The van der Waals surface area contributed by atoms with Crippen molar-refractivity contribution in [3.63, 3.8) is 0 Å². The predicted molar refractivity (Wildman–Crippen MR) is 81.5 cm³/mol. The van der Waals surface area contributed by atoms with Crippen LogP contribution in [0, 0.1) is 11.8 Å². The number of ether oxygens (including phenoxy) is 1. The fourth-order valence-corrected chi connectivity index (χ4v) is 2.89. The highest BCUT2D eigenvalue weighted by Crippen LogP contribution is 2.38. The first kappa shape index (κ1) is 17.5. The number of esters is 1. The summed E-state index contributed by atoms with van der Waals surface area (Å²) in [6.45, 7) is 0. The summed E-state index contributed by atoms with van der Waals surface area (Å²) in [5.41, 5.74) is 0.385. The Morgan fingerprint density at radius 3 is 2.40 bits per heavy atom. The zero-order chi connectivity index (χ0) is 18.2. The molecule has 2 aliphatic carbocycles. The van der Waals surface area contributed by atoms with E-state index in [4.69, 9.17) is 0 Å². The highest BCUT2D eigenvalue weighted by Gasteiger charge is 2.49. The molecule has 1 aromatic carbocycles. The molecular formula is C16H10F2O6S. The lowest BCUT2D eigenvalue weighted by Crippen LogP contribution is -2.40. The van der Waals surface area contributed by atoms with Crippen molar-refractivity contribution >= 4 is 30.4 Å². The number of rotatable bonds is 4. The molecular weight excluding hydrogens is 358 g/mol. The lowest BCUT2D eigenvalue weighted by Gasteiger charge is -2.31. The number of allylic oxidation sites excluding steroid dienone is 4. The standard InChI is InChI=1S/C16H10F2O6S/c17-16(18,23-24-25)15(21)22-11-7-3-6-10-12(11)14(20)9-5-2-1-4-8(9)13(10)19/h1-7,10,12,25H. The van der Waals surface area contributed by atoms with Crippen LogP contribution in [0.1, 0.15) is 20.7 Å². The summed E-state index contributed by atoms with van der Waals surface area (Å²) in [5.74, 6) is -5.47. The summed E-state index contributed by atoms with van der Waals surface area (Å²) in [7, 11) is 0. The molecule has 0 fully saturated rings. The molecule has 25 heavy (non-hydrogen) atoms. The van der Waals surface area contributed by atoms with Crippen molar-refractivity contribution in [3.8, 4) is 0 Å². The van der Waals surface area contributed by atoms with Crippen molar-refractivity contribution in [2.75, 3.05) is 0 Å². The third-order valence-corrected chi connectivity index (χ3v) is 3.95. The van der Waals surface area contributed by atoms with E-state index in [0.717, 1.165) is 0 Å². The van der Waals surface area contributed by atoms with Crippen molar-refractivity contribution < 1.29 is 37.1 Å². The van der Waals surface area contributed by atoms with E-state index in [-0.39, 0.29) is 22.7 Å². The maximum atomic E-state index is 13.3. The number of benzene rings is 1. The highest BCUT2D eigenvalue weighted by atomic mass is 32.1. The molecule has 2 atom stereocenters. The quantitative estimate of drug-likeness (QED) is 0.289. The molecule has 0 aliphatic heterocycles. The fourth-order valence-electron chi connectivity index (χ4n) is 2.80. The topological polar surface area (TPSA) is 78.9 Å². The van der Waals surface area contributed by atoms with Gasteiger partial charge in [-0.1, -0.05) is 36.4 Å². The zero-order valence-corrected chi connectivity index (χ0v) is 13.2. The van der Waals surface area contributed by atoms with Crippen LogP contribution in [-0.4, -0.2) is 23.6 Å². The molecule has 1 aromatic rings. The lowest BCUT2D eigenvalue weighted by molar-refractivity contribution is -0.368. The summed E-state index contributed by atoms with van der Waals surface area (Å²) < 4.78 is 34.8. The van der Waals surface area contributed by atoms with Crippen LogP contribution in [0.4, 0.5) is 8.78 Å². The van der Waals surface area contributed by atoms with E-state index in [1.165, 1.54) is 30.4 Å². The SMILES string of the molecule is O=C1c2ccccc2C(=O)C2C(OC(=O)C(F)(F)OOS)=CC=CC12. The van der Waals surface area contributed by atoms with E-state index in [9.17, 15) is 23.2 Å². The summed E-state index contributed by atoms with van der Waals surface area (Å²) >= 11 is 2.97. The molecule has 0 amide bonds. The van der Waals surface area contributed by atoms with Crippen molar-refractivity contribution in [1.29, 1.82) is 0 Å². The Hall–Kier alpha value is -2.36. The van der Waals surface area contributed by atoms with Crippen molar-refractivity contribution in [2.24, 2.45) is 11.8 Å². The van der Waals surface area contributed by atoms with Gasteiger partial charge in [0.15, 0.2) is 11.6 Å². The Bertz CT molecular complexity index is 817. The molecule has 0 spiro atoms. The Kier molecular flexibility index (Phi) is 4.55. The molecule has 0 heterocycles. The van der Waals surface area contributed by atoms with Crippen LogP contribution >= 0.6 is 12.9 Å². The van der Waals surface area contributed by atoms with Gasteiger partial charge in [0.05, 0.1) is 11.8 Å². The van der Waals surface area contributed by atoms with E-state index < -0.39 is 29.7 Å². The van der Waals surface area contributed by atoms with Crippen molar-refractivity contribution in [3.05, 3.63) is 59.4 Å². The van der Waals surface area contributed by atoms with Crippen LogP contribution in [0.25, 0.3) is 0 Å². The molecule has 3 rings (SSSR count). The highest BCUT2D eigenvalue weighted by molar-refractivity contribution is 7.74. The van der Waals surface area contributed by atoms with Gasteiger partial charge in [-0.2, -0.15) is 13.1 Å². The van der Waals surface area contributed by atoms with Gasteiger partial charge in [0.25, 0.3) is 0 Å². The molecule has 6 nitrogen and oxygen atoms in total. The third kappa shape index (κ3) is 3.01. The van der Waals surface area contributed by atoms with Gasteiger partial charge in [-0.25, -0.2) is 4.79 Å². The molecule has 0 saturated heterocycles. The van der Waals surface area contributed by atoms with Gasteiger partial charge >= 0.3 is 12.1 Å². The van der Waals surface area contributed by atoms with Crippen LogP contribution in [-0.2, 0) is 18.8 Å². The first-order valence-electron chi connectivity index (χ1n) is 7.02. The number of thiol groups is 1. The number of ketones is 2. The molecule has 0 radical (unpaired) electrons. The number of fused-ring (bicyclic) bond motifs is 2. The van der Waals surface area contributed by atoms with Gasteiger partial charge in [0, 0.05) is 24.0 Å². The van der Waals surface area contributed by atoms with Crippen molar-refractivity contribution in [1.82, 2.24) is 0 Å². The summed E-state index contributed by atoms with van der Waals surface area (Å²) in [6.07, 6.45) is -0.435. The van der Waals surface area contributed by atoms with E-state index in [0.29, 0.717) is 0 Å². The smallest absolute Gasteiger partial charge is 0.424 e. The number of alkyl halides is 2. The fraction of sp³-hybridized carbons (Fsp3) is 0.188. The van der Waals surface area contributed by atoms with Crippen LogP contribution in [0.2, 0.25) is 0 Å². The minimum atomic E-state index is -4.43. The molecule has 0 aromatic heterocycles. The van der Waals surface area contributed by atoms with Crippen molar-refractivity contribution in [2.45, 2.75) is 6.11 Å². The molecule has 0 bridgehead atoms. The van der Waals surface area contributed by atoms with E-state index in [2.05, 4.69) is 26.9 Å². The van der Waals surface area contributed by atoms with Gasteiger partial charge in [-0.3, -0.25) is 9.59 Å². The minimum absolute atomic E-state index is 0.146. The third-order valence-electron chi connectivity index (χ3n) is 3.88. The Morgan fingerprint density at radius 1 is 1.12 bits per heavy atom. The van der Waals surface area contributed by atoms with Gasteiger partial charge in [0.2, 0.25) is 0 Å². The van der Waals surface area contributed by atoms with Crippen LogP contribution in [0.3, 0.4) is 0 Å². The molecule has 2 aliphatic rings. The number of carbonyl (C=O) groups is 3. The normalized spacial score (nSPS) is 22.1. The van der Waals surface area contributed by atoms with Gasteiger partial charge < -0.3 is 4.74 Å². The molecule has 2 unspecified atom stereocenters. The molecule has 130 valence electrons. The Balaban J connectivity index is 1.93. The first-order chi connectivity index (χ1) is 11.9. The van der Waals surface area contributed by atoms with E-state index in [1.54, 1.807) is 12.1 Å². The van der Waals surface area contributed by atoms with E-state index in [1.807, 2.05) is 0 Å². The number of hydrogen-bond donors (Lipinski definition) is 1. The van der Waals surface area contributed by atoms with Crippen LogP contribution in [0.5, 0.6) is 0 Å². The van der Waals surface area contributed by atoms with Gasteiger partial charge in [-0.15, -0.1) is 4.89 Å². The first-order valence-corrected chi connectivity index (χ1v) is 7.38. The average Bonchev–Trinajstić information content (AvgIpc) is 2.59. The zero-order valence-electron chi connectivity index (χ0n) is 12.3. The molecule has 9 heteroatoms. The number of carbonyl (C=O) groups excluding carboxylic acids is 3. The minimum Gasteiger partial charge on any atom is -0.424 e. The number of Topliss-reactive ketones (excluding diaryl/α,β-unsaturated/α-hetero) is 2. The second kappa shape index (κ2) is 6.51. The Labute approximate surface area is 145 Å². The predicted octanol–water partition coefficient (Wildman–Crippen LogP) is 2.68. The second-order valence-corrected chi connectivity index (χ2v) is 5.44. The number of hydrogen-bond acceptors (Lipinski definition) is 7. The van der Waals surface area contributed by atoms with Crippen LogP contribution in [0.15, 0.2) is 48.3 Å². The summed E-state index contributed by atoms with van der Waals surface area (Å²) in [5, 5.41) is 0. The summed E-state index contributed by atoms with van der Waals surface area (Å²) in [6, 6.07) is 6.15. The largest absolute Gasteiger partial charge is 0.483 e. The lowest BCUT2D eigenvalue weighted by atomic mass is 9.71. The average molecular weight is 368 g/mol. The monoisotopic (exact) mass is 368 g/mol. The van der Waals surface area contributed by atoms with Crippen LogP contribution < -0.4 is 0 Å². The van der Waals surface area contributed by atoms with Gasteiger partial charge in [-0.05, 0) is 6.08 Å².